The van der Waals surface area contributed by atoms with Crippen molar-refractivity contribution < 1.29 is 18.3 Å². The third kappa shape index (κ3) is 6.53. The number of ether oxygens (including phenoxy) is 1. The number of hydrogen-bond acceptors (Lipinski definition) is 4. The molecule has 5 heteroatoms. The van der Waals surface area contributed by atoms with Crippen LogP contribution in [0.1, 0.15) is 44.1 Å². The Kier molecular flexibility index (Phi) is 8.04. The Morgan fingerprint density at radius 1 is 1.00 bits per heavy atom. The van der Waals surface area contributed by atoms with Crippen molar-refractivity contribution in [2.24, 2.45) is 5.92 Å². The molecule has 4 nitrogen and oxygen atoms in total. The fourth-order valence-electron chi connectivity index (χ4n) is 3.76. The maximum absolute atomic E-state index is 13.2. The van der Waals surface area contributed by atoms with Gasteiger partial charge in [-0.2, -0.15) is 0 Å². The lowest BCUT2D eigenvalue weighted by molar-refractivity contribution is 0.0295. The molecule has 1 unspecified atom stereocenters. The maximum atomic E-state index is 13.2. The first-order valence-corrected chi connectivity index (χ1v) is 11.8. The molecule has 1 saturated carbocycles. The third-order valence-corrected chi connectivity index (χ3v) is 7.21. The maximum Gasteiger partial charge on any atom is 0.202 e. The normalized spacial score (nSPS) is 17.2. The van der Waals surface area contributed by atoms with E-state index in [1.165, 1.54) is 6.42 Å². The Morgan fingerprint density at radius 2 is 1.62 bits per heavy atom. The molecule has 0 amide bonds. The van der Waals surface area contributed by atoms with Gasteiger partial charge in [0.05, 0.1) is 24.2 Å². The highest BCUT2D eigenvalue weighted by atomic mass is 32.2. The molecule has 0 bridgehead atoms. The van der Waals surface area contributed by atoms with Crippen LogP contribution in [-0.2, 0) is 21.2 Å². The first-order valence-electron chi connectivity index (χ1n) is 10.4. The molecule has 1 N–H and O–H groups in total. The van der Waals surface area contributed by atoms with Gasteiger partial charge < -0.3 is 9.84 Å². The lowest BCUT2D eigenvalue weighted by Gasteiger charge is -2.21. The van der Waals surface area contributed by atoms with Gasteiger partial charge in [0.15, 0.2) is 0 Å². The molecule has 29 heavy (non-hydrogen) atoms. The second-order valence-corrected chi connectivity index (χ2v) is 9.71. The number of aliphatic hydroxyl groups excluding tert-OH is 1. The Bertz CT molecular complexity index is 870. The minimum Gasteiger partial charge on any atom is -0.390 e. The van der Waals surface area contributed by atoms with Crippen LogP contribution in [0.2, 0.25) is 0 Å². The van der Waals surface area contributed by atoms with E-state index < -0.39 is 15.9 Å². The molecular formula is C24H30O4S. The molecule has 0 radical (unpaired) electrons. The molecule has 0 aliphatic heterocycles. The van der Waals surface area contributed by atoms with Gasteiger partial charge in [-0.3, -0.25) is 0 Å². The van der Waals surface area contributed by atoms with Crippen LogP contribution in [0.15, 0.2) is 76.5 Å². The molecule has 1 fully saturated rings. The Labute approximate surface area is 174 Å². The molecule has 1 aliphatic carbocycles. The molecule has 1 aliphatic rings. The van der Waals surface area contributed by atoms with E-state index in [2.05, 4.69) is 0 Å². The average Bonchev–Trinajstić information content (AvgIpc) is 2.75. The van der Waals surface area contributed by atoms with E-state index in [0.717, 1.165) is 31.2 Å². The zero-order valence-electron chi connectivity index (χ0n) is 16.7. The number of benzene rings is 2. The SMILES string of the molecule is O=S(=O)(/C(=C/C1CCCCC1)CC(O)COCc1ccccc1)c1ccccc1. The first kappa shape index (κ1) is 21.8. The quantitative estimate of drug-likeness (QED) is 0.634. The molecule has 0 saturated heterocycles. The summed E-state index contributed by atoms with van der Waals surface area (Å²) in [6, 6.07) is 18.2. The Morgan fingerprint density at radius 3 is 2.28 bits per heavy atom. The number of hydrogen-bond donors (Lipinski definition) is 1. The zero-order chi connectivity index (χ0) is 20.5. The average molecular weight is 415 g/mol. The van der Waals surface area contributed by atoms with E-state index in [1.807, 2.05) is 36.4 Å². The highest BCUT2D eigenvalue weighted by Crippen LogP contribution is 2.30. The summed E-state index contributed by atoms with van der Waals surface area (Å²) < 4.78 is 32.1. The van der Waals surface area contributed by atoms with Gasteiger partial charge in [0.1, 0.15) is 0 Å². The van der Waals surface area contributed by atoms with Gasteiger partial charge in [-0.05, 0) is 36.5 Å². The minimum atomic E-state index is -3.63. The zero-order valence-corrected chi connectivity index (χ0v) is 17.6. The summed E-state index contributed by atoms with van der Waals surface area (Å²) in [7, 11) is -3.63. The third-order valence-electron chi connectivity index (χ3n) is 5.33. The van der Waals surface area contributed by atoms with Gasteiger partial charge in [0.25, 0.3) is 0 Å². The fraction of sp³-hybridized carbons (Fsp3) is 0.417. The summed E-state index contributed by atoms with van der Waals surface area (Å²) in [5, 5.41) is 10.5. The molecule has 3 rings (SSSR count). The van der Waals surface area contributed by atoms with Crippen molar-refractivity contribution in [2.45, 2.75) is 56.1 Å². The molecule has 0 aromatic heterocycles. The molecular weight excluding hydrogens is 384 g/mol. The summed E-state index contributed by atoms with van der Waals surface area (Å²) >= 11 is 0. The van der Waals surface area contributed by atoms with Gasteiger partial charge in [0.2, 0.25) is 9.84 Å². The van der Waals surface area contributed by atoms with Gasteiger partial charge in [-0.1, -0.05) is 73.9 Å². The largest absolute Gasteiger partial charge is 0.390 e. The fourth-order valence-corrected chi connectivity index (χ4v) is 5.36. The monoisotopic (exact) mass is 414 g/mol. The summed E-state index contributed by atoms with van der Waals surface area (Å²) in [6.07, 6.45) is 6.58. The molecule has 2 aromatic carbocycles. The highest BCUT2D eigenvalue weighted by Gasteiger charge is 2.25. The number of sulfone groups is 1. The van der Waals surface area contributed by atoms with Crippen LogP contribution in [0.3, 0.4) is 0 Å². The van der Waals surface area contributed by atoms with Crippen molar-refractivity contribution in [3.63, 3.8) is 0 Å². The van der Waals surface area contributed by atoms with Crippen molar-refractivity contribution in [1.82, 2.24) is 0 Å². The van der Waals surface area contributed by atoms with Crippen molar-refractivity contribution in [1.29, 1.82) is 0 Å². The van der Waals surface area contributed by atoms with Crippen molar-refractivity contribution in [3.8, 4) is 0 Å². The van der Waals surface area contributed by atoms with Gasteiger partial charge in [-0.25, -0.2) is 8.42 Å². The predicted octanol–water partition coefficient (Wildman–Crippen LogP) is 4.89. The van der Waals surface area contributed by atoms with Crippen LogP contribution in [0.5, 0.6) is 0 Å². The van der Waals surface area contributed by atoms with Crippen LogP contribution in [0.4, 0.5) is 0 Å². The summed E-state index contributed by atoms with van der Waals surface area (Å²) in [4.78, 5) is 0.589. The van der Waals surface area contributed by atoms with Crippen LogP contribution in [0.25, 0.3) is 0 Å². The summed E-state index contributed by atoms with van der Waals surface area (Å²) in [5.74, 6) is 0.259. The number of rotatable bonds is 9. The molecule has 2 aromatic rings. The lowest BCUT2D eigenvalue weighted by Crippen LogP contribution is -2.20. The van der Waals surface area contributed by atoms with Crippen molar-refractivity contribution in [2.75, 3.05) is 6.61 Å². The smallest absolute Gasteiger partial charge is 0.202 e. The Hall–Kier alpha value is -1.95. The van der Waals surface area contributed by atoms with Gasteiger partial charge >= 0.3 is 0 Å². The van der Waals surface area contributed by atoms with E-state index in [9.17, 15) is 13.5 Å². The van der Waals surface area contributed by atoms with Gasteiger partial charge in [-0.15, -0.1) is 0 Å². The van der Waals surface area contributed by atoms with E-state index in [-0.39, 0.29) is 23.8 Å². The van der Waals surface area contributed by atoms with E-state index in [1.54, 1.807) is 30.3 Å². The summed E-state index contributed by atoms with van der Waals surface area (Å²) in [6.45, 7) is 0.492. The van der Waals surface area contributed by atoms with E-state index in [0.29, 0.717) is 11.5 Å². The lowest BCUT2D eigenvalue weighted by atomic mass is 9.89. The molecule has 156 valence electrons. The van der Waals surface area contributed by atoms with Crippen molar-refractivity contribution in [3.05, 3.63) is 77.2 Å². The number of aliphatic hydroxyl groups is 1. The highest BCUT2D eigenvalue weighted by molar-refractivity contribution is 7.95. The van der Waals surface area contributed by atoms with Crippen LogP contribution in [0, 0.1) is 5.92 Å². The predicted molar refractivity (Wildman–Crippen MR) is 115 cm³/mol. The topological polar surface area (TPSA) is 63.6 Å². The molecule has 0 heterocycles. The van der Waals surface area contributed by atoms with E-state index >= 15 is 0 Å². The summed E-state index contributed by atoms with van der Waals surface area (Å²) in [5.41, 5.74) is 1.02. The number of allylic oxidation sites excluding steroid dienone is 1. The molecule has 0 spiro atoms. The van der Waals surface area contributed by atoms with Crippen LogP contribution < -0.4 is 0 Å². The van der Waals surface area contributed by atoms with Crippen molar-refractivity contribution >= 4 is 9.84 Å². The minimum absolute atomic E-state index is 0.0719. The molecule has 1 atom stereocenters. The second kappa shape index (κ2) is 10.7. The first-order chi connectivity index (χ1) is 14.1. The Balaban J connectivity index is 1.70. The van der Waals surface area contributed by atoms with Crippen LogP contribution in [-0.4, -0.2) is 26.2 Å². The van der Waals surface area contributed by atoms with E-state index in [4.69, 9.17) is 4.74 Å². The van der Waals surface area contributed by atoms with Gasteiger partial charge in [0, 0.05) is 11.3 Å². The van der Waals surface area contributed by atoms with Crippen LogP contribution >= 0.6 is 0 Å². The standard InChI is InChI=1S/C24H30O4S/c25-22(19-28-18-21-12-6-2-7-13-21)17-24(16-20-10-4-1-5-11-20)29(26,27)23-14-8-3-9-15-23/h2-3,6-9,12-16,20,22,25H,1,4-5,10-11,17-19H2/b24-16+. The second-order valence-electron chi connectivity index (χ2n) is 7.71.